The zero-order valence-electron chi connectivity index (χ0n) is 24.3. The van der Waals surface area contributed by atoms with Gasteiger partial charge in [0.2, 0.25) is 0 Å². The van der Waals surface area contributed by atoms with Gasteiger partial charge < -0.3 is 24.8 Å². The summed E-state index contributed by atoms with van der Waals surface area (Å²) in [4.78, 5) is 25.6. The normalized spacial score (nSPS) is 50.9. The Morgan fingerprint density at radius 3 is 2.34 bits per heavy atom. The molecule has 0 spiro atoms. The van der Waals surface area contributed by atoms with Crippen LogP contribution in [0.4, 0.5) is 0 Å². The van der Waals surface area contributed by atoms with Gasteiger partial charge in [0.05, 0.1) is 17.8 Å². The van der Waals surface area contributed by atoms with Gasteiger partial charge >= 0.3 is 11.9 Å². The second-order valence-corrected chi connectivity index (χ2v) is 14.6. The maximum Gasteiger partial charge on any atom is 0.334 e. The molecule has 5 aliphatic rings. The topological polar surface area (TPSA) is 113 Å². The molecule has 0 radical (unpaired) electrons. The molecular weight excluding hydrogens is 484 g/mol. The maximum atomic E-state index is 13.4. The van der Waals surface area contributed by atoms with Crippen LogP contribution in [0.1, 0.15) is 99.8 Å². The highest BCUT2D eigenvalue weighted by atomic mass is 16.6. The number of ether oxygens (including phenoxy) is 2. The third kappa shape index (κ3) is 3.93. The molecule has 4 aliphatic carbocycles. The molecule has 7 nitrogen and oxygen atoms in total. The Balaban J connectivity index is 1.57. The monoisotopic (exact) mass is 532 g/mol. The zero-order valence-corrected chi connectivity index (χ0v) is 24.3. The number of aliphatic hydroxyl groups excluding tert-OH is 2. The van der Waals surface area contributed by atoms with Crippen LogP contribution in [0.5, 0.6) is 0 Å². The summed E-state index contributed by atoms with van der Waals surface area (Å²) >= 11 is 0. The Hall–Kier alpha value is -1.44. The summed E-state index contributed by atoms with van der Waals surface area (Å²) in [5, 5.41) is 33.1. The van der Waals surface area contributed by atoms with Crippen molar-refractivity contribution in [3.8, 4) is 0 Å². The number of rotatable bonds is 2. The van der Waals surface area contributed by atoms with E-state index in [0.29, 0.717) is 37.2 Å². The van der Waals surface area contributed by atoms with Gasteiger partial charge in [0.1, 0.15) is 12.2 Å². The Morgan fingerprint density at radius 2 is 1.74 bits per heavy atom. The molecule has 0 bridgehead atoms. The van der Waals surface area contributed by atoms with E-state index in [0.717, 1.165) is 31.3 Å². The maximum absolute atomic E-state index is 13.4. The van der Waals surface area contributed by atoms with Crippen LogP contribution in [0, 0.1) is 39.9 Å². The predicted octanol–water partition coefficient (Wildman–Crippen LogP) is 4.31. The summed E-state index contributed by atoms with van der Waals surface area (Å²) in [6.07, 6.45) is 3.74. The Kier molecular flexibility index (Phi) is 6.68. The first-order valence-electron chi connectivity index (χ1n) is 14.7. The van der Waals surface area contributed by atoms with E-state index >= 15 is 0 Å². The molecule has 1 saturated heterocycles. The number of esters is 2. The van der Waals surface area contributed by atoms with E-state index in [9.17, 15) is 24.9 Å². The van der Waals surface area contributed by atoms with E-state index in [1.165, 1.54) is 6.92 Å². The van der Waals surface area contributed by atoms with E-state index in [1.54, 1.807) is 13.8 Å². The molecule has 0 aromatic rings. The highest BCUT2D eigenvalue weighted by Gasteiger charge is 2.71. The number of cyclic esters (lactones) is 1. The molecule has 1 heterocycles. The molecule has 0 aromatic carbocycles. The molecule has 5 rings (SSSR count). The summed E-state index contributed by atoms with van der Waals surface area (Å²) in [5.41, 5.74) is -0.326. The van der Waals surface area contributed by atoms with Gasteiger partial charge in [0.15, 0.2) is 0 Å². The van der Waals surface area contributed by atoms with Gasteiger partial charge in [0.25, 0.3) is 0 Å². The van der Waals surface area contributed by atoms with Crippen molar-refractivity contribution in [2.45, 2.75) is 130 Å². The van der Waals surface area contributed by atoms with Crippen molar-refractivity contribution in [3.05, 3.63) is 11.1 Å². The fraction of sp³-hybridized carbons (Fsp3) is 0.871. The molecule has 0 amide bonds. The summed E-state index contributed by atoms with van der Waals surface area (Å²) in [5.74, 6) is -0.294. The molecule has 7 heteroatoms. The third-order valence-corrected chi connectivity index (χ3v) is 12.3. The lowest BCUT2D eigenvalue weighted by atomic mass is 9.36. The van der Waals surface area contributed by atoms with Crippen LogP contribution in [-0.4, -0.2) is 57.3 Å². The van der Waals surface area contributed by atoms with Crippen molar-refractivity contribution in [2.75, 3.05) is 0 Å². The molecule has 1 aliphatic heterocycles. The lowest BCUT2D eigenvalue weighted by Gasteiger charge is -2.69. The summed E-state index contributed by atoms with van der Waals surface area (Å²) in [6.45, 7) is 13.8. The second-order valence-electron chi connectivity index (χ2n) is 14.6. The van der Waals surface area contributed by atoms with Crippen LogP contribution in [0.3, 0.4) is 0 Å². The number of carbonyl (C=O) groups excluding carboxylic acids is 2. The lowest BCUT2D eigenvalue weighted by Crippen LogP contribution is -2.65. The van der Waals surface area contributed by atoms with Crippen LogP contribution in [0.25, 0.3) is 0 Å². The molecule has 4 saturated carbocycles. The molecule has 5 fully saturated rings. The van der Waals surface area contributed by atoms with Crippen LogP contribution >= 0.6 is 0 Å². The molecule has 4 unspecified atom stereocenters. The minimum Gasteiger partial charge on any atom is -0.458 e. The standard InChI is InChI=1S/C31H48O7/c1-16-19-10-13-30(6)26(29(19,5)12-11-21(16)33)22(34)14-20-25(23(37-17(2)32)15-31(20,30)7)18-8-9-24(28(3,4)36)38-27(18)35/h16,19-24,26,33-34,36H,8-15H2,1-7H3/b25-18-/t16-,19?,20?,21+,22+,23-,24?,26?,29-,30-,31-/m0/s1. The van der Waals surface area contributed by atoms with Crippen molar-refractivity contribution in [1.29, 1.82) is 0 Å². The first-order valence-corrected chi connectivity index (χ1v) is 14.7. The highest BCUT2D eigenvalue weighted by molar-refractivity contribution is 5.91. The van der Waals surface area contributed by atoms with Crippen molar-refractivity contribution in [2.24, 2.45) is 39.9 Å². The van der Waals surface area contributed by atoms with Gasteiger partial charge in [-0.05, 0) is 111 Å². The van der Waals surface area contributed by atoms with Gasteiger partial charge in [-0.3, -0.25) is 4.79 Å². The Labute approximate surface area is 227 Å². The summed E-state index contributed by atoms with van der Waals surface area (Å²) in [7, 11) is 0. The van der Waals surface area contributed by atoms with Crippen molar-refractivity contribution >= 4 is 11.9 Å². The van der Waals surface area contributed by atoms with Gasteiger partial charge in [-0.15, -0.1) is 0 Å². The fourth-order valence-electron chi connectivity index (χ4n) is 10.3. The van der Waals surface area contributed by atoms with Crippen LogP contribution in [0.2, 0.25) is 0 Å². The smallest absolute Gasteiger partial charge is 0.334 e. The minimum absolute atomic E-state index is 0.0603. The van der Waals surface area contributed by atoms with E-state index < -0.39 is 29.9 Å². The van der Waals surface area contributed by atoms with Gasteiger partial charge in [-0.1, -0.05) is 27.7 Å². The average molecular weight is 533 g/mol. The predicted molar refractivity (Wildman–Crippen MR) is 142 cm³/mol. The van der Waals surface area contributed by atoms with Crippen LogP contribution in [-0.2, 0) is 19.1 Å². The Bertz CT molecular complexity index is 1030. The number of hydrogen-bond donors (Lipinski definition) is 3. The highest BCUT2D eigenvalue weighted by Crippen LogP contribution is 2.74. The summed E-state index contributed by atoms with van der Waals surface area (Å²) in [6, 6.07) is 0. The van der Waals surface area contributed by atoms with Crippen molar-refractivity contribution < 1.29 is 34.4 Å². The van der Waals surface area contributed by atoms with Crippen molar-refractivity contribution in [3.63, 3.8) is 0 Å². The van der Waals surface area contributed by atoms with Gasteiger partial charge in [-0.2, -0.15) is 0 Å². The van der Waals surface area contributed by atoms with Gasteiger partial charge in [0, 0.05) is 12.5 Å². The Morgan fingerprint density at radius 1 is 1.05 bits per heavy atom. The van der Waals surface area contributed by atoms with E-state index in [4.69, 9.17) is 9.47 Å². The SMILES string of the molecule is CC(=O)O[C@H]1C[C@@]2(C)C(C[C@@H](O)C3[C@@]4(C)CC[C@@H](O)[C@@H](C)C4CC[C@@]32C)/C1=C1\CCC(C(C)(C)O)OC1=O. The number of carbonyl (C=O) groups is 2. The average Bonchev–Trinajstić information content (AvgIpc) is 3.07. The molecule has 214 valence electrons. The lowest BCUT2D eigenvalue weighted by molar-refractivity contribution is -0.234. The fourth-order valence-corrected chi connectivity index (χ4v) is 10.3. The van der Waals surface area contributed by atoms with Crippen LogP contribution < -0.4 is 0 Å². The number of fused-ring (bicyclic) bond motifs is 5. The zero-order chi connectivity index (χ0) is 28.0. The van der Waals surface area contributed by atoms with E-state index in [-0.39, 0.29) is 46.1 Å². The van der Waals surface area contributed by atoms with Gasteiger partial charge in [-0.25, -0.2) is 4.79 Å². The minimum atomic E-state index is -1.13. The van der Waals surface area contributed by atoms with Crippen LogP contribution in [0.15, 0.2) is 11.1 Å². The third-order valence-electron chi connectivity index (χ3n) is 12.3. The molecular formula is C31H48O7. The quantitative estimate of drug-likeness (QED) is 0.359. The second kappa shape index (κ2) is 9.04. The number of hydrogen-bond acceptors (Lipinski definition) is 7. The first kappa shape index (κ1) is 28.1. The van der Waals surface area contributed by atoms with E-state index in [1.807, 2.05) is 0 Å². The largest absolute Gasteiger partial charge is 0.458 e. The van der Waals surface area contributed by atoms with E-state index in [2.05, 4.69) is 27.7 Å². The molecule has 0 aromatic heterocycles. The first-order chi connectivity index (χ1) is 17.5. The van der Waals surface area contributed by atoms with Crippen molar-refractivity contribution in [1.82, 2.24) is 0 Å². The number of aliphatic hydroxyl groups is 3. The molecule has 11 atom stereocenters. The molecule has 3 N–H and O–H groups in total. The molecule has 38 heavy (non-hydrogen) atoms. The summed E-state index contributed by atoms with van der Waals surface area (Å²) < 4.78 is 11.7.